The molecule has 21 heavy (non-hydrogen) atoms. The number of hydrogen-bond acceptors (Lipinski definition) is 3. The fourth-order valence-corrected chi connectivity index (χ4v) is 3.13. The second kappa shape index (κ2) is 7.85. The van der Waals surface area contributed by atoms with Crippen LogP contribution in [-0.2, 0) is 0 Å². The fourth-order valence-electron chi connectivity index (χ4n) is 2.92. The van der Waals surface area contributed by atoms with Gasteiger partial charge in [0.2, 0.25) is 0 Å². The smallest absolute Gasteiger partial charge is 0.251 e. The third-order valence-electron chi connectivity index (χ3n) is 4.31. The Bertz CT molecular complexity index is 490. The average molecular weight is 306 g/mol. The van der Waals surface area contributed by atoms with E-state index in [2.05, 4.69) is 29.8 Å². The fraction of sp³-hybridized carbons (Fsp3) is 0.588. The Balaban J connectivity index is 1.75. The van der Waals surface area contributed by atoms with Gasteiger partial charge in [-0.1, -0.05) is 12.5 Å². The molecule has 1 aromatic carbocycles. The minimum absolute atomic E-state index is 0.00935. The first-order valence-electron chi connectivity index (χ1n) is 7.90. The number of carbonyl (C=O) groups excluding carboxylic acids is 1. The Labute approximate surface area is 133 Å². The van der Waals surface area contributed by atoms with Crippen LogP contribution in [0.1, 0.15) is 48.5 Å². The van der Waals surface area contributed by atoms with Gasteiger partial charge in [0.05, 0.1) is 0 Å². The van der Waals surface area contributed by atoms with Crippen LogP contribution in [0.15, 0.2) is 23.1 Å². The van der Waals surface area contributed by atoms with Crippen LogP contribution in [0.3, 0.4) is 0 Å². The van der Waals surface area contributed by atoms with E-state index in [4.69, 9.17) is 0 Å². The number of likely N-dealkylation sites (tertiary alicyclic amines) is 1. The van der Waals surface area contributed by atoms with Crippen molar-refractivity contribution in [1.82, 2.24) is 10.2 Å². The molecule has 1 unspecified atom stereocenters. The van der Waals surface area contributed by atoms with Crippen molar-refractivity contribution in [3.05, 3.63) is 29.3 Å². The van der Waals surface area contributed by atoms with E-state index in [1.165, 1.54) is 25.8 Å². The van der Waals surface area contributed by atoms with Crippen molar-refractivity contribution in [3.8, 4) is 0 Å². The molecule has 0 saturated carbocycles. The molecule has 0 aromatic heterocycles. The molecule has 0 bridgehead atoms. The lowest BCUT2D eigenvalue weighted by Gasteiger charge is -2.33. The first-order valence-corrected chi connectivity index (χ1v) is 8.34. The molecule has 1 saturated heterocycles. The third kappa shape index (κ3) is 4.75. The number of thiol groups is 1. The van der Waals surface area contributed by atoms with Crippen LogP contribution in [0.2, 0.25) is 0 Å². The van der Waals surface area contributed by atoms with Crippen LogP contribution in [0, 0.1) is 6.92 Å². The highest BCUT2D eigenvalue weighted by Gasteiger charge is 2.17. The van der Waals surface area contributed by atoms with E-state index in [1.807, 2.05) is 25.1 Å². The molecule has 1 aliphatic rings. The van der Waals surface area contributed by atoms with Crippen molar-refractivity contribution in [1.29, 1.82) is 0 Å². The molecule has 3 nitrogen and oxygen atoms in total. The van der Waals surface area contributed by atoms with E-state index in [0.717, 1.165) is 35.5 Å². The van der Waals surface area contributed by atoms with Gasteiger partial charge in [-0.2, -0.15) is 0 Å². The van der Waals surface area contributed by atoms with Gasteiger partial charge in [0.15, 0.2) is 0 Å². The molecule has 1 aliphatic heterocycles. The van der Waals surface area contributed by atoms with Crippen molar-refractivity contribution < 1.29 is 4.79 Å². The minimum atomic E-state index is 0.00935. The van der Waals surface area contributed by atoms with Crippen molar-refractivity contribution in [2.24, 2.45) is 0 Å². The molecule has 1 heterocycles. The molecule has 1 amide bonds. The zero-order valence-electron chi connectivity index (χ0n) is 13.1. The number of nitrogens with one attached hydrogen (secondary N) is 1. The van der Waals surface area contributed by atoms with Gasteiger partial charge in [0.25, 0.3) is 5.91 Å². The Morgan fingerprint density at radius 1 is 1.43 bits per heavy atom. The number of nitrogens with zero attached hydrogens (tertiary/aromatic N) is 1. The summed E-state index contributed by atoms with van der Waals surface area (Å²) in [4.78, 5) is 15.5. The van der Waals surface area contributed by atoms with Gasteiger partial charge in [0.1, 0.15) is 0 Å². The number of hydrogen-bond donors (Lipinski definition) is 2. The van der Waals surface area contributed by atoms with Crippen LogP contribution in [0.4, 0.5) is 0 Å². The molecule has 1 aromatic rings. The molecule has 4 heteroatoms. The van der Waals surface area contributed by atoms with Gasteiger partial charge in [-0.25, -0.2) is 0 Å². The third-order valence-corrected chi connectivity index (χ3v) is 4.59. The van der Waals surface area contributed by atoms with Gasteiger partial charge in [-0.3, -0.25) is 4.79 Å². The molecular formula is C17H26N2OS. The second-order valence-electron chi connectivity index (χ2n) is 5.99. The molecule has 1 fully saturated rings. The normalized spacial score (nSPS) is 19.5. The van der Waals surface area contributed by atoms with Crippen LogP contribution >= 0.6 is 12.6 Å². The number of rotatable bonds is 5. The van der Waals surface area contributed by atoms with Crippen molar-refractivity contribution >= 4 is 18.5 Å². The first-order chi connectivity index (χ1) is 10.1. The lowest BCUT2D eigenvalue weighted by molar-refractivity contribution is 0.0948. The Morgan fingerprint density at radius 3 is 3.00 bits per heavy atom. The quantitative estimate of drug-likeness (QED) is 0.646. The van der Waals surface area contributed by atoms with Crippen molar-refractivity contribution in [2.45, 2.75) is 50.5 Å². The molecule has 0 radical (unpaired) electrons. The van der Waals surface area contributed by atoms with E-state index in [1.54, 1.807) is 0 Å². The van der Waals surface area contributed by atoms with E-state index in [-0.39, 0.29) is 5.91 Å². The van der Waals surface area contributed by atoms with Crippen LogP contribution in [0.25, 0.3) is 0 Å². The van der Waals surface area contributed by atoms with Crippen molar-refractivity contribution in [2.75, 3.05) is 19.6 Å². The number of carbonyl (C=O) groups is 1. The SMILES string of the molecule is Cc1ccc(S)cc1C(=O)NCCCN1CCCCC1C. The van der Waals surface area contributed by atoms with Crippen LogP contribution in [0.5, 0.6) is 0 Å². The number of piperidine rings is 1. The van der Waals surface area contributed by atoms with Crippen LogP contribution < -0.4 is 5.32 Å². The lowest BCUT2D eigenvalue weighted by atomic mass is 10.0. The van der Waals surface area contributed by atoms with E-state index < -0.39 is 0 Å². The zero-order chi connectivity index (χ0) is 15.2. The molecule has 0 spiro atoms. The zero-order valence-corrected chi connectivity index (χ0v) is 14.0. The standard InChI is InChI=1S/C17H26N2OS/c1-13-7-8-15(21)12-16(13)17(20)18-9-5-11-19-10-4-3-6-14(19)2/h7-8,12,14,21H,3-6,9-11H2,1-2H3,(H,18,20). The number of amides is 1. The Morgan fingerprint density at radius 2 is 2.24 bits per heavy atom. The highest BCUT2D eigenvalue weighted by molar-refractivity contribution is 7.80. The summed E-state index contributed by atoms with van der Waals surface area (Å²) in [6.07, 6.45) is 4.98. The summed E-state index contributed by atoms with van der Waals surface area (Å²) in [6, 6.07) is 6.37. The summed E-state index contributed by atoms with van der Waals surface area (Å²) in [6.45, 7) is 7.28. The summed E-state index contributed by atoms with van der Waals surface area (Å²) < 4.78 is 0. The molecular weight excluding hydrogens is 280 g/mol. The maximum absolute atomic E-state index is 12.2. The number of aryl methyl sites for hydroxylation is 1. The monoisotopic (exact) mass is 306 g/mol. The summed E-state index contributed by atoms with van der Waals surface area (Å²) >= 11 is 4.30. The molecule has 0 aliphatic carbocycles. The summed E-state index contributed by atoms with van der Waals surface area (Å²) in [5.74, 6) is 0.00935. The van der Waals surface area contributed by atoms with Crippen molar-refractivity contribution in [3.63, 3.8) is 0 Å². The van der Waals surface area contributed by atoms with Gasteiger partial charge < -0.3 is 10.2 Å². The predicted octanol–water partition coefficient (Wildman–Crippen LogP) is 3.28. The highest BCUT2D eigenvalue weighted by atomic mass is 32.1. The van der Waals surface area contributed by atoms with E-state index in [9.17, 15) is 4.79 Å². The summed E-state index contributed by atoms with van der Waals surface area (Å²) in [5, 5.41) is 3.02. The average Bonchev–Trinajstić information content (AvgIpc) is 2.47. The number of benzene rings is 1. The Kier molecular flexibility index (Phi) is 6.12. The Hall–Kier alpha value is -1.00. The molecule has 2 rings (SSSR count). The topological polar surface area (TPSA) is 32.3 Å². The lowest BCUT2D eigenvalue weighted by Crippen LogP contribution is -2.39. The van der Waals surface area contributed by atoms with E-state index in [0.29, 0.717) is 6.04 Å². The van der Waals surface area contributed by atoms with Gasteiger partial charge in [0, 0.05) is 29.6 Å². The second-order valence-corrected chi connectivity index (χ2v) is 6.51. The van der Waals surface area contributed by atoms with Crippen LogP contribution in [-0.4, -0.2) is 36.5 Å². The summed E-state index contributed by atoms with van der Waals surface area (Å²) in [7, 11) is 0. The maximum atomic E-state index is 12.2. The maximum Gasteiger partial charge on any atom is 0.251 e. The highest BCUT2D eigenvalue weighted by Crippen LogP contribution is 2.16. The molecule has 1 N–H and O–H groups in total. The van der Waals surface area contributed by atoms with Gasteiger partial charge in [-0.15, -0.1) is 12.6 Å². The largest absolute Gasteiger partial charge is 0.352 e. The molecule has 116 valence electrons. The first kappa shape index (κ1) is 16.4. The van der Waals surface area contributed by atoms with Gasteiger partial charge in [-0.05, 0) is 57.4 Å². The predicted molar refractivity (Wildman–Crippen MR) is 90.3 cm³/mol. The summed E-state index contributed by atoms with van der Waals surface area (Å²) in [5.41, 5.74) is 1.73. The van der Waals surface area contributed by atoms with E-state index >= 15 is 0 Å². The minimum Gasteiger partial charge on any atom is -0.352 e. The molecule has 1 atom stereocenters. The van der Waals surface area contributed by atoms with Gasteiger partial charge >= 0.3 is 0 Å².